The second-order valence-electron chi connectivity index (χ2n) is 6.58. The molecule has 0 saturated heterocycles. The number of hydrogen-bond acceptors (Lipinski definition) is 4. The molecule has 30 heavy (non-hydrogen) atoms. The summed E-state index contributed by atoms with van der Waals surface area (Å²) in [6.45, 7) is 0. The maximum absolute atomic E-state index is 15.2. The maximum Gasteiger partial charge on any atom is 0.173 e. The van der Waals surface area contributed by atoms with Gasteiger partial charge in [-0.3, -0.25) is 0 Å². The summed E-state index contributed by atoms with van der Waals surface area (Å²) in [7, 11) is 0. The summed E-state index contributed by atoms with van der Waals surface area (Å²) < 4.78 is 41.5. The molecule has 0 radical (unpaired) electrons. The lowest BCUT2D eigenvalue weighted by Gasteiger charge is -2.13. The van der Waals surface area contributed by atoms with Gasteiger partial charge in [-0.15, -0.1) is 0 Å². The number of rotatable bonds is 5. The fourth-order valence-corrected chi connectivity index (χ4v) is 3.01. The number of ether oxygens (including phenoxy) is 2. The van der Waals surface area contributed by atoms with E-state index in [2.05, 4.69) is 0 Å². The Hall–Kier alpha value is -4.06. The Labute approximate surface area is 172 Å². The van der Waals surface area contributed by atoms with Crippen molar-refractivity contribution in [1.29, 1.82) is 0 Å². The Bertz CT molecular complexity index is 1120. The molecule has 0 atom stereocenters. The van der Waals surface area contributed by atoms with E-state index in [1.54, 1.807) is 60.7 Å². The predicted molar refractivity (Wildman–Crippen MR) is 114 cm³/mol. The Balaban J connectivity index is 1.69. The van der Waals surface area contributed by atoms with Gasteiger partial charge in [0.05, 0.1) is 0 Å². The number of hydrogen-bond donors (Lipinski definition) is 2. The van der Waals surface area contributed by atoms with E-state index in [0.717, 1.165) is 0 Å². The summed E-state index contributed by atoms with van der Waals surface area (Å²) in [5, 5.41) is 0. The SMILES string of the molecule is Nc1cccc(Oc2cccc(-c3cccc(Oc4cccc(N)c4)c3F)c2F)c1. The highest BCUT2D eigenvalue weighted by Crippen LogP contribution is 2.37. The largest absolute Gasteiger partial charge is 0.454 e. The third-order valence-electron chi connectivity index (χ3n) is 4.39. The van der Waals surface area contributed by atoms with E-state index in [1.165, 1.54) is 24.3 Å². The topological polar surface area (TPSA) is 70.5 Å². The van der Waals surface area contributed by atoms with Crippen molar-refractivity contribution in [2.45, 2.75) is 0 Å². The standard InChI is InChI=1S/C24H18F2N2O2/c25-23-19(9-3-11-21(23)29-17-7-1-5-15(27)13-17)20-10-4-12-22(24(20)26)30-18-8-2-6-16(28)14-18/h1-14H,27-28H2. The maximum atomic E-state index is 15.2. The van der Waals surface area contributed by atoms with E-state index in [0.29, 0.717) is 22.9 Å². The zero-order valence-corrected chi connectivity index (χ0v) is 15.8. The van der Waals surface area contributed by atoms with Crippen LogP contribution in [0.3, 0.4) is 0 Å². The normalized spacial score (nSPS) is 10.6. The minimum Gasteiger partial charge on any atom is -0.454 e. The van der Waals surface area contributed by atoms with Crippen molar-refractivity contribution in [1.82, 2.24) is 0 Å². The van der Waals surface area contributed by atoms with Crippen LogP contribution in [-0.4, -0.2) is 0 Å². The molecule has 0 bridgehead atoms. The van der Waals surface area contributed by atoms with E-state index in [-0.39, 0.29) is 22.6 Å². The molecule has 4 nitrogen and oxygen atoms in total. The Morgan fingerprint density at radius 2 is 0.933 bits per heavy atom. The van der Waals surface area contributed by atoms with Crippen molar-refractivity contribution in [3.8, 4) is 34.1 Å². The zero-order chi connectivity index (χ0) is 21.1. The molecule has 4 aromatic rings. The molecule has 0 aliphatic heterocycles. The van der Waals surface area contributed by atoms with Gasteiger partial charge in [0.2, 0.25) is 0 Å². The average molecular weight is 404 g/mol. The van der Waals surface area contributed by atoms with Crippen LogP contribution in [0.25, 0.3) is 11.1 Å². The number of nitrogen functional groups attached to an aromatic ring is 2. The monoisotopic (exact) mass is 404 g/mol. The van der Waals surface area contributed by atoms with Crippen LogP contribution >= 0.6 is 0 Å². The first-order chi connectivity index (χ1) is 14.5. The van der Waals surface area contributed by atoms with Gasteiger partial charge in [-0.2, -0.15) is 0 Å². The quantitative estimate of drug-likeness (QED) is 0.379. The van der Waals surface area contributed by atoms with Gasteiger partial charge in [0.1, 0.15) is 11.5 Å². The van der Waals surface area contributed by atoms with Crippen molar-refractivity contribution in [2.24, 2.45) is 0 Å². The van der Waals surface area contributed by atoms with Gasteiger partial charge in [0.25, 0.3) is 0 Å². The summed E-state index contributed by atoms with van der Waals surface area (Å²) in [4.78, 5) is 0. The van der Waals surface area contributed by atoms with E-state index in [1.807, 2.05) is 0 Å². The highest BCUT2D eigenvalue weighted by molar-refractivity contribution is 5.69. The molecule has 0 unspecified atom stereocenters. The number of anilines is 2. The Morgan fingerprint density at radius 1 is 0.533 bits per heavy atom. The molecule has 0 saturated carbocycles. The van der Waals surface area contributed by atoms with E-state index in [4.69, 9.17) is 20.9 Å². The van der Waals surface area contributed by atoms with Crippen molar-refractivity contribution in [3.63, 3.8) is 0 Å². The van der Waals surface area contributed by atoms with Crippen molar-refractivity contribution >= 4 is 11.4 Å². The molecule has 4 aromatic carbocycles. The van der Waals surface area contributed by atoms with Gasteiger partial charge in [0, 0.05) is 34.6 Å². The minimum atomic E-state index is -0.695. The molecule has 6 heteroatoms. The average Bonchev–Trinajstić information content (AvgIpc) is 2.72. The van der Waals surface area contributed by atoms with Crippen molar-refractivity contribution < 1.29 is 18.3 Å². The van der Waals surface area contributed by atoms with Crippen LogP contribution in [0.4, 0.5) is 20.2 Å². The Kier molecular flexibility index (Phi) is 5.22. The molecule has 0 spiro atoms. The number of halogens is 2. The smallest absolute Gasteiger partial charge is 0.173 e. The van der Waals surface area contributed by atoms with Crippen LogP contribution in [0.2, 0.25) is 0 Å². The van der Waals surface area contributed by atoms with Crippen LogP contribution < -0.4 is 20.9 Å². The molecular formula is C24H18F2N2O2. The summed E-state index contributed by atoms with van der Waals surface area (Å²) in [5.41, 5.74) is 12.5. The van der Waals surface area contributed by atoms with Crippen LogP contribution in [0, 0.1) is 11.6 Å². The second kappa shape index (κ2) is 8.13. The van der Waals surface area contributed by atoms with Crippen molar-refractivity contribution in [2.75, 3.05) is 11.5 Å². The molecule has 0 aromatic heterocycles. The number of benzene rings is 4. The molecule has 0 heterocycles. The molecular weight excluding hydrogens is 386 g/mol. The lowest BCUT2D eigenvalue weighted by atomic mass is 10.0. The summed E-state index contributed by atoms with van der Waals surface area (Å²) in [6.07, 6.45) is 0. The molecule has 150 valence electrons. The summed E-state index contributed by atoms with van der Waals surface area (Å²) in [6, 6.07) is 22.3. The van der Waals surface area contributed by atoms with E-state index < -0.39 is 11.6 Å². The molecule has 4 N–H and O–H groups in total. The summed E-state index contributed by atoms with van der Waals surface area (Å²) >= 11 is 0. The first-order valence-corrected chi connectivity index (χ1v) is 9.15. The molecule has 4 rings (SSSR count). The van der Waals surface area contributed by atoms with Crippen LogP contribution in [0.15, 0.2) is 84.9 Å². The fraction of sp³-hybridized carbons (Fsp3) is 0. The fourth-order valence-electron chi connectivity index (χ4n) is 3.01. The lowest BCUT2D eigenvalue weighted by Crippen LogP contribution is -1.96. The highest BCUT2D eigenvalue weighted by atomic mass is 19.1. The van der Waals surface area contributed by atoms with Gasteiger partial charge in [0.15, 0.2) is 23.1 Å². The van der Waals surface area contributed by atoms with Crippen LogP contribution in [0.1, 0.15) is 0 Å². The van der Waals surface area contributed by atoms with Crippen molar-refractivity contribution in [3.05, 3.63) is 96.6 Å². The van der Waals surface area contributed by atoms with Gasteiger partial charge in [-0.25, -0.2) is 8.78 Å². The predicted octanol–water partition coefficient (Wildman–Crippen LogP) is 6.38. The van der Waals surface area contributed by atoms with Gasteiger partial charge >= 0.3 is 0 Å². The van der Waals surface area contributed by atoms with Gasteiger partial charge in [-0.1, -0.05) is 36.4 Å². The lowest BCUT2D eigenvalue weighted by molar-refractivity contribution is 0.439. The van der Waals surface area contributed by atoms with E-state index >= 15 is 8.78 Å². The first-order valence-electron chi connectivity index (χ1n) is 9.15. The first kappa shape index (κ1) is 19.3. The molecule has 0 amide bonds. The zero-order valence-electron chi connectivity index (χ0n) is 15.8. The minimum absolute atomic E-state index is 0.0420. The Morgan fingerprint density at radius 3 is 1.33 bits per heavy atom. The van der Waals surface area contributed by atoms with Crippen LogP contribution in [0.5, 0.6) is 23.0 Å². The third-order valence-corrected chi connectivity index (χ3v) is 4.39. The highest BCUT2D eigenvalue weighted by Gasteiger charge is 2.18. The molecule has 0 aliphatic carbocycles. The van der Waals surface area contributed by atoms with E-state index in [9.17, 15) is 0 Å². The second-order valence-corrected chi connectivity index (χ2v) is 6.58. The van der Waals surface area contributed by atoms with Gasteiger partial charge < -0.3 is 20.9 Å². The number of nitrogens with two attached hydrogens (primary N) is 2. The third kappa shape index (κ3) is 4.03. The molecule has 0 aliphatic rings. The molecule has 0 fully saturated rings. The van der Waals surface area contributed by atoms with Gasteiger partial charge in [-0.05, 0) is 36.4 Å². The van der Waals surface area contributed by atoms with Crippen LogP contribution in [-0.2, 0) is 0 Å². The summed E-state index contributed by atoms with van der Waals surface area (Å²) in [5.74, 6) is -0.713.